The molecule has 0 bridgehead atoms. The summed E-state index contributed by atoms with van der Waals surface area (Å²) >= 11 is 0. The summed E-state index contributed by atoms with van der Waals surface area (Å²) in [5.74, 6) is 0. The van der Waals surface area contributed by atoms with Crippen LogP contribution in [0, 0.1) is 0 Å². The maximum Gasteiger partial charge on any atom is 0.0619 e. The number of rotatable bonds is 3. The molecule has 0 radical (unpaired) electrons. The smallest absolute Gasteiger partial charge is 0.0619 e. The fraction of sp³-hybridized carbons (Fsp3) is 0. The van der Waals surface area contributed by atoms with Crippen molar-refractivity contribution in [1.29, 1.82) is 0 Å². The predicted octanol–water partition coefficient (Wildman–Crippen LogP) is 5.98. The molecule has 110 valence electrons. The van der Waals surface area contributed by atoms with E-state index in [1.165, 1.54) is 21.8 Å². The topological polar surface area (TPSA) is 4.93 Å². The normalized spacial score (nSPS) is 11.0. The van der Waals surface area contributed by atoms with Crippen LogP contribution >= 0.6 is 0 Å². The number of aromatic nitrogens is 1. The molecule has 3 aromatic carbocycles. The molecule has 0 unspecified atom stereocenters. The highest BCUT2D eigenvalue weighted by atomic mass is 15.0. The van der Waals surface area contributed by atoms with Crippen LogP contribution in [0.25, 0.3) is 33.1 Å². The zero-order valence-corrected chi connectivity index (χ0v) is 12.9. The molecule has 0 atom stereocenters. The van der Waals surface area contributed by atoms with Gasteiger partial charge in [-0.1, -0.05) is 73.8 Å². The van der Waals surface area contributed by atoms with E-state index in [9.17, 15) is 0 Å². The second kappa shape index (κ2) is 5.29. The Labute approximate surface area is 135 Å². The Bertz CT molecular complexity index is 1040. The quantitative estimate of drug-likeness (QED) is 0.409. The van der Waals surface area contributed by atoms with Crippen molar-refractivity contribution in [3.8, 4) is 5.69 Å². The minimum atomic E-state index is 0.940. The van der Waals surface area contributed by atoms with E-state index in [1.807, 2.05) is 12.1 Å². The Hall–Kier alpha value is -3.06. The van der Waals surface area contributed by atoms with Crippen molar-refractivity contribution in [2.45, 2.75) is 0 Å². The predicted molar refractivity (Wildman–Crippen MR) is 100 cm³/mol. The van der Waals surface area contributed by atoms with Crippen LogP contribution in [0.15, 0.2) is 92.0 Å². The van der Waals surface area contributed by atoms with Gasteiger partial charge in [0.25, 0.3) is 0 Å². The first kappa shape index (κ1) is 13.6. The van der Waals surface area contributed by atoms with Crippen LogP contribution in [0.2, 0.25) is 0 Å². The Morgan fingerprint density at radius 3 is 2.26 bits per heavy atom. The van der Waals surface area contributed by atoms with Crippen molar-refractivity contribution in [2.24, 2.45) is 0 Å². The van der Waals surface area contributed by atoms with Crippen molar-refractivity contribution in [3.05, 3.63) is 97.6 Å². The summed E-state index contributed by atoms with van der Waals surface area (Å²) in [7, 11) is 0. The molecule has 4 aromatic rings. The molecule has 1 aromatic heterocycles. The fourth-order valence-corrected chi connectivity index (χ4v) is 3.23. The standard InChI is InChI=1S/C22H17N/c1-3-16(2)18-13-9-14-20-19-12-7-8-15-21(19)23(22(18)20)17-10-5-4-6-11-17/h3-15H,1-2H2. The number of hydrogen-bond acceptors (Lipinski definition) is 0. The van der Waals surface area contributed by atoms with E-state index < -0.39 is 0 Å². The van der Waals surface area contributed by atoms with E-state index >= 15 is 0 Å². The summed E-state index contributed by atoms with van der Waals surface area (Å²) in [6, 6.07) is 25.4. The van der Waals surface area contributed by atoms with E-state index in [4.69, 9.17) is 0 Å². The van der Waals surface area contributed by atoms with E-state index in [0.29, 0.717) is 0 Å². The highest BCUT2D eigenvalue weighted by Gasteiger charge is 2.15. The third-order valence-electron chi connectivity index (χ3n) is 4.30. The molecule has 0 amide bonds. The third-order valence-corrected chi connectivity index (χ3v) is 4.30. The highest BCUT2D eigenvalue weighted by Crippen LogP contribution is 2.35. The average molecular weight is 295 g/mol. The molecule has 4 rings (SSSR count). The zero-order valence-electron chi connectivity index (χ0n) is 12.9. The van der Waals surface area contributed by atoms with Crippen LogP contribution in [0.1, 0.15) is 5.56 Å². The van der Waals surface area contributed by atoms with Gasteiger partial charge in [0.15, 0.2) is 0 Å². The van der Waals surface area contributed by atoms with Crippen molar-refractivity contribution >= 4 is 27.4 Å². The Balaban J connectivity index is 2.25. The summed E-state index contributed by atoms with van der Waals surface area (Å²) in [5.41, 5.74) is 5.61. The Kier molecular flexibility index (Phi) is 3.13. The molecule has 1 heterocycles. The number of hydrogen-bond donors (Lipinski definition) is 0. The molecule has 23 heavy (non-hydrogen) atoms. The average Bonchev–Trinajstić information content (AvgIpc) is 2.96. The first-order chi connectivity index (χ1) is 11.3. The number of nitrogens with zero attached hydrogens (tertiary/aromatic N) is 1. The van der Waals surface area contributed by atoms with E-state index in [2.05, 4.69) is 84.5 Å². The lowest BCUT2D eigenvalue weighted by atomic mass is 10.0. The lowest BCUT2D eigenvalue weighted by Gasteiger charge is -2.11. The molecule has 0 N–H and O–H groups in total. The summed E-state index contributed by atoms with van der Waals surface area (Å²) in [5, 5.41) is 2.50. The third kappa shape index (κ3) is 2.01. The van der Waals surface area contributed by atoms with Crippen LogP contribution in [0.4, 0.5) is 0 Å². The van der Waals surface area contributed by atoms with Gasteiger partial charge in [0, 0.05) is 22.0 Å². The van der Waals surface area contributed by atoms with Crippen LogP contribution in [-0.4, -0.2) is 4.57 Å². The van der Waals surface area contributed by atoms with Gasteiger partial charge in [-0.15, -0.1) is 0 Å². The largest absolute Gasteiger partial charge is 0.309 e. The molecular formula is C22H17N. The SMILES string of the molecule is C=CC(=C)c1cccc2c3ccccc3n(-c3ccccc3)c12. The lowest BCUT2D eigenvalue weighted by Crippen LogP contribution is -1.95. The second-order valence-corrected chi connectivity index (χ2v) is 5.62. The first-order valence-electron chi connectivity index (χ1n) is 7.70. The molecule has 0 fully saturated rings. The van der Waals surface area contributed by atoms with E-state index in [0.717, 1.165) is 16.8 Å². The number of benzene rings is 3. The van der Waals surface area contributed by atoms with E-state index in [1.54, 1.807) is 0 Å². The summed E-state index contributed by atoms with van der Waals surface area (Å²) in [6.07, 6.45) is 1.82. The minimum absolute atomic E-state index is 0.940. The molecule has 1 heteroatoms. The molecule has 0 spiro atoms. The van der Waals surface area contributed by atoms with Crippen molar-refractivity contribution in [2.75, 3.05) is 0 Å². The zero-order chi connectivity index (χ0) is 15.8. The lowest BCUT2D eigenvalue weighted by molar-refractivity contribution is 1.18. The molecule has 0 saturated carbocycles. The number of allylic oxidation sites excluding steroid dienone is 2. The van der Waals surface area contributed by atoms with E-state index in [-0.39, 0.29) is 0 Å². The molecule has 1 nitrogen and oxygen atoms in total. The first-order valence-corrected chi connectivity index (χ1v) is 7.70. The minimum Gasteiger partial charge on any atom is -0.309 e. The Morgan fingerprint density at radius 2 is 1.48 bits per heavy atom. The summed E-state index contributed by atoms with van der Waals surface area (Å²) in [6.45, 7) is 8.06. The van der Waals surface area contributed by atoms with Gasteiger partial charge in [0.1, 0.15) is 0 Å². The van der Waals surface area contributed by atoms with Gasteiger partial charge >= 0.3 is 0 Å². The molecule has 0 saturated heterocycles. The van der Waals surface area contributed by atoms with Gasteiger partial charge in [-0.2, -0.15) is 0 Å². The van der Waals surface area contributed by atoms with Gasteiger partial charge in [-0.3, -0.25) is 0 Å². The van der Waals surface area contributed by atoms with Crippen molar-refractivity contribution in [3.63, 3.8) is 0 Å². The van der Waals surface area contributed by atoms with Gasteiger partial charge in [-0.25, -0.2) is 0 Å². The van der Waals surface area contributed by atoms with Crippen molar-refractivity contribution in [1.82, 2.24) is 4.57 Å². The van der Waals surface area contributed by atoms with Crippen molar-refractivity contribution < 1.29 is 0 Å². The maximum atomic E-state index is 4.17. The summed E-state index contributed by atoms with van der Waals surface area (Å²) < 4.78 is 2.31. The van der Waals surface area contributed by atoms with Crippen LogP contribution in [0.5, 0.6) is 0 Å². The van der Waals surface area contributed by atoms with Gasteiger partial charge in [-0.05, 0) is 23.8 Å². The molecule has 0 aliphatic heterocycles. The van der Waals surface area contributed by atoms with Crippen LogP contribution in [0.3, 0.4) is 0 Å². The monoisotopic (exact) mass is 295 g/mol. The second-order valence-electron chi connectivity index (χ2n) is 5.62. The summed E-state index contributed by atoms with van der Waals surface area (Å²) in [4.78, 5) is 0. The van der Waals surface area contributed by atoms with Crippen LogP contribution < -0.4 is 0 Å². The van der Waals surface area contributed by atoms with Gasteiger partial charge in [0.05, 0.1) is 11.0 Å². The van der Waals surface area contributed by atoms with Gasteiger partial charge in [0.2, 0.25) is 0 Å². The maximum absolute atomic E-state index is 4.17. The highest BCUT2D eigenvalue weighted by molar-refractivity contribution is 6.12. The fourth-order valence-electron chi connectivity index (χ4n) is 3.23. The number of para-hydroxylation sites is 3. The van der Waals surface area contributed by atoms with Crippen LogP contribution in [-0.2, 0) is 0 Å². The Morgan fingerprint density at radius 1 is 0.783 bits per heavy atom. The molecule has 0 aliphatic rings. The van der Waals surface area contributed by atoms with Gasteiger partial charge < -0.3 is 4.57 Å². The molecule has 0 aliphatic carbocycles. The molecular weight excluding hydrogens is 278 g/mol. The number of fused-ring (bicyclic) bond motifs is 3.